The topological polar surface area (TPSA) is 116 Å². The average Bonchev–Trinajstić information content (AvgIpc) is 3.26. The monoisotopic (exact) mass is 434 g/mol. The Morgan fingerprint density at radius 2 is 0.906 bits per heavy atom. The first-order valence-electron chi connectivity index (χ1n) is 10.8. The molecule has 0 saturated carbocycles. The van der Waals surface area contributed by atoms with E-state index in [1.54, 1.807) is 0 Å². The zero-order valence-electron chi connectivity index (χ0n) is 17.6. The molecule has 4 rings (SSSR count). The Labute approximate surface area is 186 Å². The summed E-state index contributed by atoms with van der Waals surface area (Å²) < 4.78 is 0. The van der Waals surface area contributed by atoms with Gasteiger partial charge < -0.3 is 10.6 Å². The lowest BCUT2D eigenvalue weighted by atomic mass is 9.83. The highest BCUT2D eigenvalue weighted by atomic mass is 16.2. The van der Waals surface area contributed by atoms with Crippen molar-refractivity contribution in [2.75, 3.05) is 0 Å². The molecule has 8 heteroatoms. The van der Waals surface area contributed by atoms with Crippen molar-refractivity contribution in [3.8, 4) is 0 Å². The zero-order valence-corrected chi connectivity index (χ0v) is 17.6. The molecular weight excluding hydrogens is 408 g/mol. The number of hydrogen-bond donors (Lipinski definition) is 4. The summed E-state index contributed by atoms with van der Waals surface area (Å²) in [5.74, 6) is -0.663. The summed E-state index contributed by atoms with van der Waals surface area (Å²) >= 11 is 0. The molecule has 32 heavy (non-hydrogen) atoms. The van der Waals surface area contributed by atoms with E-state index in [0.717, 1.165) is 36.8 Å². The highest BCUT2D eigenvalue weighted by molar-refractivity contribution is 6.08. The maximum Gasteiger partial charge on any atom is 0.322 e. The first kappa shape index (κ1) is 21.5. The SMILES string of the molecule is O=C1NC(=O)[C@@](CCCCCC[C@]2(c3ccccc3)NC(=O)NC2=O)(c2ccccc2)N1. The van der Waals surface area contributed by atoms with Gasteiger partial charge in [0.15, 0.2) is 0 Å². The van der Waals surface area contributed by atoms with Crippen LogP contribution in [-0.2, 0) is 20.7 Å². The van der Waals surface area contributed by atoms with Gasteiger partial charge in [-0.2, -0.15) is 0 Å². The lowest BCUT2D eigenvalue weighted by molar-refractivity contribution is -0.125. The highest BCUT2D eigenvalue weighted by Crippen LogP contribution is 2.33. The van der Waals surface area contributed by atoms with Gasteiger partial charge in [0.1, 0.15) is 11.1 Å². The van der Waals surface area contributed by atoms with Crippen molar-refractivity contribution in [3.63, 3.8) is 0 Å². The van der Waals surface area contributed by atoms with Gasteiger partial charge in [-0.25, -0.2) is 9.59 Å². The summed E-state index contributed by atoms with van der Waals surface area (Å²) in [5, 5.41) is 10.3. The third-order valence-corrected chi connectivity index (χ3v) is 6.27. The molecule has 166 valence electrons. The molecule has 0 spiro atoms. The molecule has 2 fully saturated rings. The van der Waals surface area contributed by atoms with E-state index in [4.69, 9.17) is 0 Å². The fourth-order valence-electron chi connectivity index (χ4n) is 4.61. The molecule has 0 radical (unpaired) electrons. The quantitative estimate of drug-likeness (QED) is 0.359. The van der Waals surface area contributed by atoms with Crippen LogP contribution in [0.1, 0.15) is 49.7 Å². The van der Waals surface area contributed by atoms with Gasteiger partial charge in [-0.05, 0) is 24.0 Å². The van der Waals surface area contributed by atoms with Crippen molar-refractivity contribution < 1.29 is 19.2 Å². The number of imide groups is 2. The molecule has 2 aromatic carbocycles. The number of benzene rings is 2. The van der Waals surface area contributed by atoms with Gasteiger partial charge in [0.25, 0.3) is 11.8 Å². The molecule has 2 aliphatic heterocycles. The number of rotatable bonds is 9. The first-order chi connectivity index (χ1) is 15.5. The van der Waals surface area contributed by atoms with Gasteiger partial charge >= 0.3 is 12.1 Å². The summed E-state index contributed by atoms with van der Waals surface area (Å²) in [6, 6.07) is 17.5. The third-order valence-electron chi connectivity index (χ3n) is 6.27. The van der Waals surface area contributed by atoms with Crippen LogP contribution in [0.15, 0.2) is 60.7 Å². The maximum absolute atomic E-state index is 12.6. The predicted octanol–water partition coefficient (Wildman–Crippen LogP) is 2.80. The van der Waals surface area contributed by atoms with E-state index >= 15 is 0 Å². The van der Waals surface area contributed by atoms with Crippen LogP contribution < -0.4 is 21.3 Å². The van der Waals surface area contributed by atoms with Crippen molar-refractivity contribution in [1.82, 2.24) is 21.3 Å². The number of urea groups is 2. The number of amides is 6. The zero-order chi connectivity index (χ0) is 22.6. The second kappa shape index (κ2) is 8.82. The van der Waals surface area contributed by atoms with Crippen molar-refractivity contribution in [3.05, 3.63) is 71.8 Å². The molecule has 0 bridgehead atoms. The standard InChI is InChI=1S/C24H26N4O4/c29-19-23(27-21(31)25-19,17-11-5-3-6-12-17)15-9-1-2-10-16-24(18-13-7-4-8-14-18)20(30)26-22(32)28-24/h3-8,11-14H,1-2,9-10,15-16H2,(H2,25,27,29,31)(H2,26,28,30,32)/t23-,24-/m1/s1. The van der Waals surface area contributed by atoms with Crippen LogP contribution >= 0.6 is 0 Å². The van der Waals surface area contributed by atoms with E-state index in [0.29, 0.717) is 12.8 Å². The normalized spacial score (nSPS) is 24.6. The number of carbonyl (C=O) groups is 4. The minimum atomic E-state index is -1.05. The van der Waals surface area contributed by atoms with Crippen LogP contribution in [-0.4, -0.2) is 23.9 Å². The summed E-state index contributed by atoms with van der Waals surface area (Å²) in [7, 11) is 0. The Kier molecular flexibility index (Phi) is 5.94. The second-order valence-corrected chi connectivity index (χ2v) is 8.27. The van der Waals surface area contributed by atoms with Crippen molar-refractivity contribution in [2.24, 2.45) is 0 Å². The van der Waals surface area contributed by atoms with Gasteiger partial charge in [0.05, 0.1) is 0 Å². The third kappa shape index (κ3) is 3.95. The maximum atomic E-state index is 12.6. The molecule has 8 nitrogen and oxygen atoms in total. The van der Waals surface area contributed by atoms with Gasteiger partial charge in [0.2, 0.25) is 0 Å². The first-order valence-corrected chi connectivity index (χ1v) is 10.8. The molecule has 2 aromatic rings. The van der Waals surface area contributed by atoms with Crippen molar-refractivity contribution in [2.45, 2.75) is 49.6 Å². The summed E-state index contributed by atoms with van der Waals surface area (Å²) in [6.45, 7) is 0. The fourth-order valence-corrected chi connectivity index (χ4v) is 4.61. The van der Waals surface area contributed by atoms with Crippen LogP contribution in [0.4, 0.5) is 9.59 Å². The highest BCUT2D eigenvalue weighted by Gasteiger charge is 2.48. The molecule has 2 atom stereocenters. The number of nitrogens with one attached hydrogen (secondary N) is 4. The molecule has 2 aliphatic rings. The average molecular weight is 434 g/mol. The predicted molar refractivity (Wildman–Crippen MR) is 117 cm³/mol. The van der Waals surface area contributed by atoms with Gasteiger partial charge in [0, 0.05) is 0 Å². The molecular formula is C24H26N4O4. The Balaban J connectivity index is 1.36. The van der Waals surface area contributed by atoms with E-state index in [2.05, 4.69) is 21.3 Å². The van der Waals surface area contributed by atoms with Gasteiger partial charge in [-0.1, -0.05) is 86.3 Å². The van der Waals surface area contributed by atoms with Crippen molar-refractivity contribution in [1.29, 1.82) is 0 Å². The fraction of sp³-hybridized carbons (Fsp3) is 0.333. The molecule has 2 heterocycles. The van der Waals surface area contributed by atoms with Crippen LogP contribution in [0.3, 0.4) is 0 Å². The summed E-state index contributed by atoms with van der Waals surface area (Å²) in [6.07, 6.45) is 4.04. The lowest BCUT2D eigenvalue weighted by Gasteiger charge is -2.27. The Bertz CT molecular complexity index is 943. The van der Waals surface area contributed by atoms with Crippen LogP contribution in [0.25, 0.3) is 0 Å². The molecule has 0 unspecified atom stereocenters. The van der Waals surface area contributed by atoms with E-state index < -0.39 is 23.1 Å². The van der Waals surface area contributed by atoms with E-state index in [9.17, 15) is 19.2 Å². The minimum absolute atomic E-state index is 0.331. The smallest absolute Gasteiger partial charge is 0.319 e. The molecule has 2 saturated heterocycles. The largest absolute Gasteiger partial charge is 0.322 e. The van der Waals surface area contributed by atoms with Crippen LogP contribution in [0.5, 0.6) is 0 Å². The Morgan fingerprint density at radius 3 is 1.22 bits per heavy atom. The van der Waals surface area contributed by atoms with Crippen molar-refractivity contribution >= 4 is 23.9 Å². The second-order valence-electron chi connectivity index (χ2n) is 8.27. The van der Waals surface area contributed by atoms with E-state index in [-0.39, 0.29) is 11.8 Å². The lowest BCUT2D eigenvalue weighted by Crippen LogP contribution is -2.44. The number of hydrogen-bond acceptors (Lipinski definition) is 4. The Morgan fingerprint density at radius 1 is 0.531 bits per heavy atom. The van der Waals surface area contributed by atoms with Gasteiger partial charge in [-0.15, -0.1) is 0 Å². The van der Waals surface area contributed by atoms with Gasteiger partial charge in [-0.3, -0.25) is 20.2 Å². The van der Waals surface area contributed by atoms with Crippen LogP contribution in [0.2, 0.25) is 0 Å². The number of carbonyl (C=O) groups excluding carboxylic acids is 4. The Hall–Kier alpha value is -3.68. The molecule has 0 aromatic heterocycles. The number of unbranched alkanes of at least 4 members (excludes halogenated alkanes) is 3. The molecule has 4 N–H and O–H groups in total. The van der Waals surface area contributed by atoms with Crippen LogP contribution in [0, 0.1) is 0 Å². The summed E-state index contributed by atoms with van der Waals surface area (Å²) in [4.78, 5) is 48.8. The summed E-state index contributed by atoms with van der Waals surface area (Å²) in [5.41, 5.74) is -0.584. The molecule has 0 aliphatic carbocycles. The molecule has 6 amide bonds. The van der Waals surface area contributed by atoms with E-state index in [1.807, 2.05) is 60.7 Å². The van der Waals surface area contributed by atoms with E-state index in [1.165, 1.54) is 0 Å². The minimum Gasteiger partial charge on any atom is -0.319 e.